The Labute approximate surface area is 183 Å². The van der Waals surface area contributed by atoms with E-state index in [1.54, 1.807) is 36.4 Å². The van der Waals surface area contributed by atoms with E-state index in [1.165, 1.54) is 0 Å². The highest BCUT2D eigenvalue weighted by Gasteiger charge is 2.62. The third-order valence-corrected chi connectivity index (χ3v) is 5.67. The van der Waals surface area contributed by atoms with Gasteiger partial charge in [-0.15, -0.1) is 12.4 Å². The van der Waals surface area contributed by atoms with Crippen molar-refractivity contribution in [3.05, 3.63) is 54.6 Å². The Hall–Kier alpha value is -2.61. The summed E-state index contributed by atoms with van der Waals surface area (Å²) in [4.78, 5) is 24.8. The Kier molecular flexibility index (Phi) is 7.47. The zero-order valence-electron chi connectivity index (χ0n) is 17.4. The van der Waals surface area contributed by atoms with Crippen LogP contribution in [-0.4, -0.2) is 30.2 Å². The van der Waals surface area contributed by atoms with Crippen molar-refractivity contribution in [1.82, 2.24) is 0 Å². The Morgan fingerprint density at radius 1 is 0.967 bits per heavy atom. The van der Waals surface area contributed by atoms with Gasteiger partial charge in [-0.05, 0) is 43.3 Å². The van der Waals surface area contributed by atoms with Crippen LogP contribution in [-0.2, 0) is 9.53 Å². The van der Waals surface area contributed by atoms with Crippen molar-refractivity contribution in [3.8, 4) is 0 Å². The number of hydrogen-bond donors (Lipinski definition) is 4. The Morgan fingerprint density at radius 2 is 1.47 bits per heavy atom. The van der Waals surface area contributed by atoms with Gasteiger partial charge >= 0.3 is 6.03 Å². The third kappa shape index (κ3) is 4.75. The fourth-order valence-electron chi connectivity index (χ4n) is 3.52. The molecule has 30 heavy (non-hydrogen) atoms. The number of hydrogen-bond acceptors (Lipinski definition) is 4. The topological polar surface area (TPSA) is 105 Å². The van der Waals surface area contributed by atoms with Crippen LogP contribution < -0.4 is 21.7 Å². The van der Waals surface area contributed by atoms with E-state index in [2.05, 4.69) is 16.0 Å². The summed E-state index contributed by atoms with van der Waals surface area (Å²) < 4.78 is 5.68. The van der Waals surface area contributed by atoms with Gasteiger partial charge in [-0.3, -0.25) is 4.79 Å². The summed E-state index contributed by atoms with van der Waals surface area (Å²) >= 11 is 0. The summed E-state index contributed by atoms with van der Waals surface area (Å²) in [5.74, 6) is -0.235. The van der Waals surface area contributed by atoms with Gasteiger partial charge in [-0.25, -0.2) is 4.79 Å². The van der Waals surface area contributed by atoms with E-state index in [1.807, 2.05) is 39.0 Å². The highest BCUT2D eigenvalue weighted by atomic mass is 35.5. The summed E-state index contributed by atoms with van der Waals surface area (Å²) in [5.41, 5.74) is 6.89. The molecule has 162 valence electrons. The van der Waals surface area contributed by atoms with Gasteiger partial charge in [-0.2, -0.15) is 0 Å². The highest BCUT2D eigenvalue weighted by molar-refractivity contribution is 6.01. The lowest BCUT2D eigenvalue weighted by Gasteiger charge is -2.57. The van der Waals surface area contributed by atoms with Gasteiger partial charge in [0, 0.05) is 35.5 Å². The fraction of sp³-hybridized carbons (Fsp3) is 0.364. The maximum Gasteiger partial charge on any atom is 0.323 e. The fourth-order valence-corrected chi connectivity index (χ4v) is 3.52. The molecule has 2 aromatic carbocycles. The second-order valence-electron chi connectivity index (χ2n) is 7.82. The highest BCUT2D eigenvalue weighted by Crippen LogP contribution is 2.50. The predicted octanol–water partition coefficient (Wildman–Crippen LogP) is 4.22. The zero-order chi connectivity index (χ0) is 21.1. The minimum absolute atomic E-state index is 0. The molecular weight excluding hydrogens is 404 g/mol. The summed E-state index contributed by atoms with van der Waals surface area (Å²) in [6.07, 6.45) is 0.455. The molecule has 0 spiro atoms. The molecule has 0 heterocycles. The van der Waals surface area contributed by atoms with Gasteiger partial charge in [0.25, 0.3) is 0 Å². The molecule has 3 rings (SSSR count). The van der Waals surface area contributed by atoms with E-state index in [0.29, 0.717) is 30.1 Å². The molecule has 2 unspecified atom stereocenters. The standard InChI is InChI=1S/C22H28N4O3.ClH/c1-4-29-18-14-22(23,21(18,2)3)19(27)24-16-10-12-17(13-11-16)26-20(28)25-15-8-6-5-7-9-15;/h5-13,18H,4,14,23H2,1-3H3,(H,24,27)(H2,25,26,28);1H. The number of benzene rings is 2. The van der Waals surface area contributed by atoms with E-state index in [0.717, 1.165) is 0 Å². The summed E-state index contributed by atoms with van der Waals surface area (Å²) in [5, 5.41) is 8.38. The predicted molar refractivity (Wildman–Crippen MR) is 122 cm³/mol. The lowest BCUT2D eigenvalue weighted by molar-refractivity contribution is -0.166. The van der Waals surface area contributed by atoms with Gasteiger partial charge < -0.3 is 26.4 Å². The van der Waals surface area contributed by atoms with Crippen molar-refractivity contribution in [2.45, 2.75) is 38.8 Å². The number of nitrogens with two attached hydrogens (primary N) is 1. The van der Waals surface area contributed by atoms with Gasteiger partial charge in [-0.1, -0.05) is 32.0 Å². The van der Waals surface area contributed by atoms with Crippen LogP contribution >= 0.6 is 12.4 Å². The smallest absolute Gasteiger partial charge is 0.323 e. The van der Waals surface area contributed by atoms with Gasteiger partial charge in [0.15, 0.2) is 0 Å². The summed E-state index contributed by atoms with van der Waals surface area (Å²) in [6.45, 7) is 6.43. The van der Waals surface area contributed by atoms with E-state index < -0.39 is 11.0 Å². The maximum atomic E-state index is 12.8. The van der Waals surface area contributed by atoms with Crippen LogP contribution in [0.25, 0.3) is 0 Å². The molecule has 8 heteroatoms. The van der Waals surface area contributed by atoms with Gasteiger partial charge in [0.05, 0.1) is 6.10 Å². The molecule has 7 nitrogen and oxygen atoms in total. The average Bonchev–Trinajstić information content (AvgIpc) is 2.69. The quantitative estimate of drug-likeness (QED) is 0.548. The van der Waals surface area contributed by atoms with E-state index in [4.69, 9.17) is 10.5 Å². The van der Waals surface area contributed by atoms with Crippen molar-refractivity contribution in [2.24, 2.45) is 11.1 Å². The first-order valence-electron chi connectivity index (χ1n) is 9.71. The van der Waals surface area contributed by atoms with Crippen molar-refractivity contribution in [3.63, 3.8) is 0 Å². The van der Waals surface area contributed by atoms with Crippen molar-refractivity contribution in [2.75, 3.05) is 22.6 Å². The summed E-state index contributed by atoms with van der Waals surface area (Å²) in [6, 6.07) is 15.7. The molecule has 0 saturated heterocycles. The molecule has 5 N–H and O–H groups in total. The molecule has 2 atom stereocenters. The number of amides is 3. The monoisotopic (exact) mass is 432 g/mol. The molecule has 1 saturated carbocycles. The number of nitrogens with one attached hydrogen (secondary N) is 3. The minimum atomic E-state index is -0.987. The number of anilines is 3. The zero-order valence-corrected chi connectivity index (χ0v) is 18.2. The first-order valence-corrected chi connectivity index (χ1v) is 9.71. The second kappa shape index (κ2) is 9.47. The molecule has 0 aliphatic heterocycles. The SMILES string of the molecule is CCOC1CC(N)(C(=O)Nc2ccc(NC(=O)Nc3ccccc3)cc2)C1(C)C.Cl. The number of halogens is 1. The molecule has 1 aliphatic rings. The number of rotatable bonds is 6. The van der Waals surface area contributed by atoms with Crippen LogP contribution in [0.1, 0.15) is 27.2 Å². The molecule has 0 radical (unpaired) electrons. The van der Waals surface area contributed by atoms with Crippen molar-refractivity contribution < 1.29 is 14.3 Å². The van der Waals surface area contributed by atoms with Gasteiger partial charge in [0.2, 0.25) is 5.91 Å². The van der Waals surface area contributed by atoms with Crippen LogP contribution in [0, 0.1) is 5.41 Å². The lowest BCUT2D eigenvalue weighted by atomic mass is 9.54. The molecule has 0 bridgehead atoms. The summed E-state index contributed by atoms with van der Waals surface area (Å²) in [7, 11) is 0. The Bertz CT molecular complexity index is 874. The molecule has 3 amide bonds. The van der Waals surface area contributed by atoms with Crippen LogP contribution in [0.5, 0.6) is 0 Å². The first kappa shape index (κ1) is 23.7. The van der Waals surface area contributed by atoms with Gasteiger partial charge in [0.1, 0.15) is 5.54 Å². The largest absolute Gasteiger partial charge is 0.378 e. The second-order valence-corrected chi connectivity index (χ2v) is 7.82. The van der Waals surface area contributed by atoms with Crippen molar-refractivity contribution >= 4 is 41.4 Å². The number of para-hydroxylation sites is 1. The Balaban J connectivity index is 0.00000320. The molecule has 0 aromatic heterocycles. The first-order chi connectivity index (χ1) is 13.8. The normalized spacial score (nSPS) is 21.5. The van der Waals surface area contributed by atoms with E-state index in [-0.39, 0.29) is 30.4 Å². The van der Waals surface area contributed by atoms with Crippen LogP contribution in [0.2, 0.25) is 0 Å². The van der Waals surface area contributed by atoms with E-state index in [9.17, 15) is 9.59 Å². The average molecular weight is 433 g/mol. The number of carbonyl (C=O) groups excluding carboxylic acids is 2. The number of carbonyl (C=O) groups is 2. The van der Waals surface area contributed by atoms with Crippen LogP contribution in [0.15, 0.2) is 54.6 Å². The molecular formula is C22H29ClN4O3. The lowest BCUT2D eigenvalue weighted by Crippen LogP contribution is -2.74. The van der Waals surface area contributed by atoms with Crippen LogP contribution in [0.4, 0.5) is 21.9 Å². The third-order valence-electron chi connectivity index (χ3n) is 5.67. The van der Waals surface area contributed by atoms with Crippen LogP contribution in [0.3, 0.4) is 0 Å². The van der Waals surface area contributed by atoms with E-state index >= 15 is 0 Å². The number of urea groups is 1. The number of ether oxygens (including phenoxy) is 1. The maximum absolute atomic E-state index is 12.8. The Morgan fingerprint density at radius 3 is 1.97 bits per heavy atom. The minimum Gasteiger partial charge on any atom is -0.378 e. The van der Waals surface area contributed by atoms with Crippen molar-refractivity contribution in [1.29, 1.82) is 0 Å². The molecule has 2 aromatic rings. The molecule has 1 aliphatic carbocycles. The molecule has 1 fully saturated rings.